The minimum Gasteiger partial charge on any atom is -0.255 e. The SMILES string of the molecule is Cc1ccc(-c2nn(-c3ccc(C)c(Cl)c3)c3c2cnc2ccc(F)cc23)cc1. The van der Waals surface area contributed by atoms with Crippen molar-refractivity contribution in [2.75, 3.05) is 0 Å². The number of fused-ring (bicyclic) bond motifs is 3. The molecule has 5 aromatic rings. The number of aryl methyl sites for hydroxylation is 2. The second-order valence-electron chi connectivity index (χ2n) is 7.24. The van der Waals surface area contributed by atoms with Crippen molar-refractivity contribution >= 4 is 33.4 Å². The van der Waals surface area contributed by atoms with Crippen molar-refractivity contribution in [1.29, 1.82) is 0 Å². The molecule has 0 aliphatic heterocycles. The van der Waals surface area contributed by atoms with Gasteiger partial charge in [-0.25, -0.2) is 9.07 Å². The van der Waals surface area contributed by atoms with Crippen LogP contribution >= 0.6 is 11.6 Å². The molecular weight excluding hydrogens is 385 g/mol. The number of halogens is 2. The summed E-state index contributed by atoms with van der Waals surface area (Å²) in [5.41, 5.74) is 6.29. The molecule has 0 atom stereocenters. The maximum Gasteiger partial charge on any atom is 0.124 e. The third-order valence-corrected chi connectivity index (χ3v) is 5.60. The van der Waals surface area contributed by atoms with E-state index in [0.717, 1.165) is 33.4 Å². The van der Waals surface area contributed by atoms with E-state index in [-0.39, 0.29) is 5.82 Å². The molecule has 0 radical (unpaired) electrons. The zero-order valence-electron chi connectivity index (χ0n) is 15.9. The van der Waals surface area contributed by atoms with Crippen molar-refractivity contribution < 1.29 is 4.39 Å². The molecule has 0 fully saturated rings. The Hall–Kier alpha value is -3.24. The summed E-state index contributed by atoms with van der Waals surface area (Å²) in [6, 6.07) is 18.6. The van der Waals surface area contributed by atoms with Gasteiger partial charge in [-0.3, -0.25) is 4.98 Å². The molecule has 0 unspecified atom stereocenters. The summed E-state index contributed by atoms with van der Waals surface area (Å²) in [6.45, 7) is 4.01. The topological polar surface area (TPSA) is 30.7 Å². The Balaban J connectivity index is 1.90. The molecule has 0 aliphatic rings. The summed E-state index contributed by atoms with van der Waals surface area (Å²) in [4.78, 5) is 4.55. The molecule has 5 rings (SSSR count). The second-order valence-corrected chi connectivity index (χ2v) is 7.65. The Morgan fingerprint density at radius 1 is 0.897 bits per heavy atom. The lowest BCUT2D eigenvalue weighted by Gasteiger charge is -2.07. The van der Waals surface area contributed by atoms with Gasteiger partial charge in [0.15, 0.2) is 0 Å². The van der Waals surface area contributed by atoms with Gasteiger partial charge >= 0.3 is 0 Å². The summed E-state index contributed by atoms with van der Waals surface area (Å²) in [5, 5.41) is 7.14. The smallest absolute Gasteiger partial charge is 0.124 e. The van der Waals surface area contributed by atoms with Gasteiger partial charge in [0, 0.05) is 27.6 Å². The van der Waals surface area contributed by atoms with Crippen molar-refractivity contribution in [1.82, 2.24) is 14.8 Å². The van der Waals surface area contributed by atoms with Crippen LogP contribution in [0.15, 0.2) is 66.9 Å². The fourth-order valence-corrected chi connectivity index (χ4v) is 3.76. The monoisotopic (exact) mass is 401 g/mol. The predicted molar refractivity (Wildman–Crippen MR) is 116 cm³/mol. The first-order chi connectivity index (χ1) is 14.0. The van der Waals surface area contributed by atoms with E-state index in [1.54, 1.807) is 6.07 Å². The Kier molecular flexibility index (Phi) is 4.10. The summed E-state index contributed by atoms with van der Waals surface area (Å²) in [5.74, 6) is -0.307. The number of rotatable bonds is 2. The third-order valence-electron chi connectivity index (χ3n) is 5.19. The van der Waals surface area contributed by atoms with E-state index in [2.05, 4.69) is 17.1 Å². The molecule has 29 heavy (non-hydrogen) atoms. The summed E-state index contributed by atoms with van der Waals surface area (Å²) in [7, 11) is 0. The molecule has 5 heteroatoms. The van der Waals surface area contributed by atoms with Gasteiger partial charge in [-0.2, -0.15) is 5.10 Å². The van der Waals surface area contributed by atoms with Crippen LogP contribution < -0.4 is 0 Å². The highest BCUT2D eigenvalue weighted by molar-refractivity contribution is 6.31. The average Bonchev–Trinajstić information content (AvgIpc) is 3.11. The van der Waals surface area contributed by atoms with Crippen LogP contribution in [0.5, 0.6) is 0 Å². The lowest BCUT2D eigenvalue weighted by atomic mass is 10.1. The van der Waals surface area contributed by atoms with E-state index < -0.39 is 0 Å². The molecule has 0 saturated carbocycles. The lowest BCUT2D eigenvalue weighted by molar-refractivity contribution is 0.629. The number of aromatic nitrogens is 3. The van der Waals surface area contributed by atoms with E-state index in [9.17, 15) is 4.39 Å². The second kappa shape index (κ2) is 6.68. The molecular formula is C24H17ClFN3. The minimum absolute atomic E-state index is 0.307. The zero-order chi connectivity index (χ0) is 20.1. The van der Waals surface area contributed by atoms with E-state index >= 15 is 0 Å². The normalized spacial score (nSPS) is 11.4. The number of hydrogen-bond acceptors (Lipinski definition) is 2. The minimum atomic E-state index is -0.307. The van der Waals surface area contributed by atoms with Crippen LogP contribution in [0.2, 0.25) is 5.02 Å². The Morgan fingerprint density at radius 3 is 2.45 bits per heavy atom. The van der Waals surface area contributed by atoms with Crippen LogP contribution in [0.25, 0.3) is 38.8 Å². The zero-order valence-corrected chi connectivity index (χ0v) is 16.7. The number of nitrogens with zero attached hydrogens (tertiary/aromatic N) is 3. The fraction of sp³-hybridized carbons (Fsp3) is 0.0833. The number of benzene rings is 3. The van der Waals surface area contributed by atoms with Gasteiger partial charge in [-0.15, -0.1) is 0 Å². The van der Waals surface area contributed by atoms with E-state index in [1.807, 2.05) is 55.1 Å². The van der Waals surface area contributed by atoms with Crippen molar-refractivity contribution in [3.05, 3.63) is 88.8 Å². The standard InChI is InChI=1S/C24H17ClFN3/c1-14-3-6-16(7-4-14)23-20-13-27-22-10-8-17(26)11-19(22)24(20)29(28-23)18-9-5-15(2)21(25)12-18/h3-13H,1-2H3. The molecule has 3 aromatic carbocycles. The van der Waals surface area contributed by atoms with Gasteiger partial charge in [-0.05, 0) is 49.7 Å². The first-order valence-corrected chi connectivity index (χ1v) is 9.69. The Labute approximate surface area is 172 Å². The molecule has 3 nitrogen and oxygen atoms in total. The highest BCUT2D eigenvalue weighted by Gasteiger charge is 2.18. The Morgan fingerprint density at radius 2 is 1.69 bits per heavy atom. The largest absolute Gasteiger partial charge is 0.255 e. The van der Waals surface area contributed by atoms with Crippen LogP contribution in [0.4, 0.5) is 4.39 Å². The molecule has 2 aromatic heterocycles. The molecule has 0 saturated heterocycles. The van der Waals surface area contributed by atoms with Crippen LogP contribution in [0.1, 0.15) is 11.1 Å². The maximum absolute atomic E-state index is 14.1. The van der Waals surface area contributed by atoms with Crippen molar-refractivity contribution in [2.24, 2.45) is 0 Å². The first-order valence-electron chi connectivity index (χ1n) is 9.32. The molecule has 0 spiro atoms. The van der Waals surface area contributed by atoms with E-state index in [4.69, 9.17) is 16.7 Å². The number of hydrogen-bond donors (Lipinski definition) is 0. The quantitative estimate of drug-likeness (QED) is 0.331. The summed E-state index contributed by atoms with van der Waals surface area (Å²) >= 11 is 6.39. The predicted octanol–water partition coefficient (Wildman–Crippen LogP) is 6.65. The van der Waals surface area contributed by atoms with Crippen LogP contribution in [-0.2, 0) is 0 Å². The number of pyridine rings is 1. The highest BCUT2D eigenvalue weighted by Crippen LogP contribution is 2.34. The van der Waals surface area contributed by atoms with Gasteiger partial charge in [-0.1, -0.05) is 47.5 Å². The molecule has 0 bridgehead atoms. The van der Waals surface area contributed by atoms with Gasteiger partial charge in [0.2, 0.25) is 0 Å². The van der Waals surface area contributed by atoms with Crippen LogP contribution in [-0.4, -0.2) is 14.8 Å². The maximum atomic E-state index is 14.1. The van der Waals surface area contributed by atoms with E-state index in [0.29, 0.717) is 15.9 Å². The lowest BCUT2D eigenvalue weighted by Crippen LogP contribution is -1.98. The fourth-order valence-electron chi connectivity index (χ4n) is 3.58. The van der Waals surface area contributed by atoms with Gasteiger partial charge < -0.3 is 0 Å². The van der Waals surface area contributed by atoms with Crippen molar-refractivity contribution in [2.45, 2.75) is 13.8 Å². The van der Waals surface area contributed by atoms with Gasteiger partial charge in [0.25, 0.3) is 0 Å². The molecule has 0 aliphatic carbocycles. The average molecular weight is 402 g/mol. The summed E-state index contributed by atoms with van der Waals surface area (Å²) < 4.78 is 15.9. The third kappa shape index (κ3) is 2.97. The molecule has 0 N–H and O–H groups in total. The molecule has 0 amide bonds. The van der Waals surface area contributed by atoms with Crippen LogP contribution in [0, 0.1) is 19.7 Å². The first kappa shape index (κ1) is 17.8. The van der Waals surface area contributed by atoms with Crippen molar-refractivity contribution in [3.8, 4) is 16.9 Å². The van der Waals surface area contributed by atoms with E-state index in [1.165, 1.54) is 17.7 Å². The summed E-state index contributed by atoms with van der Waals surface area (Å²) in [6.07, 6.45) is 1.81. The Bertz CT molecular complexity index is 1390. The molecule has 142 valence electrons. The van der Waals surface area contributed by atoms with Crippen LogP contribution in [0.3, 0.4) is 0 Å². The van der Waals surface area contributed by atoms with Gasteiger partial charge in [0.1, 0.15) is 11.5 Å². The van der Waals surface area contributed by atoms with Crippen molar-refractivity contribution in [3.63, 3.8) is 0 Å². The van der Waals surface area contributed by atoms with Gasteiger partial charge in [0.05, 0.1) is 16.7 Å². The molecule has 2 heterocycles. The highest BCUT2D eigenvalue weighted by atomic mass is 35.5.